The Bertz CT molecular complexity index is 366. The van der Waals surface area contributed by atoms with Gasteiger partial charge in [-0.2, -0.15) is 0 Å². The molecule has 8 atom stereocenters. The smallest absolute Gasteiger partial charge is 0.230 e. The molecule has 0 aromatic carbocycles. The second-order valence-electron chi connectivity index (χ2n) is 4.94. The van der Waals surface area contributed by atoms with Crippen LogP contribution in [0.3, 0.4) is 0 Å². The maximum Gasteiger partial charge on any atom is 0.230 e. The van der Waals surface area contributed by atoms with Gasteiger partial charge in [0.1, 0.15) is 30.5 Å². The summed E-state index contributed by atoms with van der Waals surface area (Å²) in [6.07, 6.45) is -11.0. The van der Waals surface area contributed by atoms with E-state index in [4.69, 9.17) is 14.9 Å². The van der Waals surface area contributed by atoms with E-state index in [1.807, 2.05) is 0 Å². The molecular weight excluding hydrogens is 280 g/mol. The normalized spacial score (nSPS) is 56.4. The minimum absolute atomic E-state index is 0.778. The van der Waals surface area contributed by atoms with Gasteiger partial charge in [-0.3, -0.25) is 0 Å². The Labute approximate surface area is 113 Å². The molecule has 10 heteroatoms. The van der Waals surface area contributed by atoms with Gasteiger partial charge in [-0.05, 0) is 0 Å². The molecule has 10 nitrogen and oxygen atoms in total. The summed E-state index contributed by atoms with van der Waals surface area (Å²) in [4.78, 5) is 0. The molecule has 2 heterocycles. The largest absolute Gasteiger partial charge is 0.394 e. The number of hydrogen-bond donors (Lipinski definition) is 8. The molecule has 2 fully saturated rings. The second-order valence-corrected chi connectivity index (χ2v) is 4.94. The predicted octanol–water partition coefficient (Wildman–Crippen LogP) is -5.41. The van der Waals surface area contributed by atoms with Gasteiger partial charge in [0.25, 0.3) is 0 Å². The molecule has 0 amide bonds. The van der Waals surface area contributed by atoms with Gasteiger partial charge in [-0.1, -0.05) is 0 Å². The molecular formula is C10H18O10. The fourth-order valence-corrected chi connectivity index (χ4v) is 2.66. The molecule has 0 saturated carbocycles. The van der Waals surface area contributed by atoms with Crippen LogP contribution in [0.5, 0.6) is 0 Å². The highest BCUT2D eigenvalue weighted by molar-refractivity contribution is 5.16. The zero-order valence-corrected chi connectivity index (χ0v) is 10.3. The van der Waals surface area contributed by atoms with Crippen LogP contribution in [0.1, 0.15) is 0 Å². The highest BCUT2D eigenvalue weighted by Gasteiger charge is 2.73. The lowest BCUT2D eigenvalue weighted by Crippen LogP contribution is -2.70. The molecule has 0 aliphatic carbocycles. The standard InChI is InChI=1S/C10H18O10/c11-1-3-5(13)6(14)10(18,20-3)9(17)4(2-12)19-8(16)7(9)15/h3-8,11-18H,1-2H2/t3-,4-,5-,6-,7+,8+,9-,10+/m1/s1. The molecule has 0 aromatic rings. The van der Waals surface area contributed by atoms with E-state index in [1.54, 1.807) is 0 Å². The van der Waals surface area contributed by atoms with Crippen LogP contribution in [-0.2, 0) is 9.47 Å². The molecule has 2 aliphatic heterocycles. The van der Waals surface area contributed by atoms with E-state index in [9.17, 15) is 30.6 Å². The summed E-state index contributed by atoms with van der Waals surface area (Å²) in [7, 11) is 0. The fourth-order valence-electron chi connectivity index (χ4n) is 2.66. The topological polar surface area (TPSA) is 180 Å². The van der Waals surface area contributed by atoms with Crippen LogP contribution >= 0.6 is 0 Å². The van der Waals surface area contributed by atoms with Crippen molar-refractivity contribution in [3.05, 3.63) is 0 Å². The van der Waals surface area contributed by atoms with Gasteiger partial charge in [0.2, 0.25) is 5.79 Å². The van der Waals surface area contributed by atoms with Crippen molar-refractivity contribution >= 4 is 0 Å². The van der Waals surface area contributed by atoms with Crippen molar-refractivity contribution in [3.63, 3.8) is 0 Å². The summed E-state index contributed by atoms with van der Waals surface area (Å²) in [5.41, 5.74) is -2.81. The maximum atomic E-state index is 10.4. The average Bonchev–Trinajstić information content (AvgIpc) is 2.80. The molecule has 8 N–H and O–H groups in total. The van der Waals surface area contributed by atoms with E-state index in [0.29, 0.717) is 0 Å². The Balaban J connectivity index is 2.41. The van der Waals surface area contributed by atoms with Crippen molar-refractivity contribution in [2.75, 3.05) is 13.2 Å². The monoisotopic (exact) mass is 298 g/mol. The lowest BCUT2D eigenvalue weighted by atomic mass is 9.80. The summed E-state index contributed by atoms with van der Waals surface area (Å²) in [5.74, 6) is -2.95. The average molecular weight is 298 g/mol. The first-order valence-corrected chi connectivity index (χ1v) is 5.96. The van der Waals surface area contributed by atoms with E-state index in [0.717, 1.165) is 0 Å². The molecule has 20 heavy (non-hydrogen) atoms. The molecule has 118 valence electrons. The van der Waals surface area contributed by atoms with E-state index >= 15 is 0 Å². The van der Waals surface area contributed by atoms with Gasteiger partial charge in [-0.15, -0.1) is 0 Å². The lowest BCUT2D eigenvalue weighted by Gasteiger charge is -2.42. The van der Waals surface area contributed by atoms with E-state index in [2.05, 4.69) is 4.74 Å². The molecule has 0 aromatic heterocycles. The van der Waals surface area contributed by atoms with Crippen molar-refractivity contribution in [3.8, 4) is 0 Å². The van der Waals surface area contributed by atoms with Crippen molar-refractivity contribution in [1.29, 1.82) is 0 Å². The van der Waals surface area contributed by atoms with Crippen molar-refractivity contribution in [2.45, 2.75) is 48.2 Å². The Hall–Kier alpha value is -0.400. The van der Waals surface area contributed by atoms with Crippen molar-refractivity contribution < 1.29 is 50.3 Å². The summed E-state index contributed by atoms with van der Waals surface area (Å²) >= 11 is 0. The minimum atomic E-state index is -2.95. The third-order valence-corrected chi connectivity index (χ3v) is 3.87. The van der Waals surface area contributed by atoms with Crippen molar-refractivity contribution in [2.24, 2.45) is 0 Å². The SMILES string of the molecule is OC[C@H]1O[C@](O)([C@@]2(O)[C@@H](CO)O[C@H](O)[C@@H]2O)[C@H](O)[C@@H]1O. The third kappa shape index (κ3) is 1.82. The molecule has 2 saturated heterocycles. The first kappa shape index (κ1) is 16.0. The van der Waals surface area contributed by atoms with Gasteiger partial charge in [-0.25, -0.2) is 0 Å². The Morgan fingerprint density at radius 2 is 1.50 bits per heavy atom. The molecule has 2 aliphatic rings. The van der Waals surface area contributed by atoms with Crippen LogP contribution in [0.25, 0.3) is 0 Å². The van der Waals surface area contributed by atoms with Gasteiger partial charge in [0, 0.05) is 0 Å². The zero-order chi connectivity index (χ0) is 15.3. The van der Waals surface area contributed by atoms with Gasteiger partial charge < -0.3 is 50.3 Å². The number of ether oxygens (including phenoxy) is 2. The Morgan fingerprint density at radius 1 is 0.900 bits per heavy atom. The quantitative estimate of drug-likeness (QED) is 0.250. The van der Waals surface area contributed by atoms with Crippen LogP contribution in [0.15, 0.2) is 0 Å². The Morgan fingerprint density at radius 3 is 1.95 bits per heavy atom. The molecule has 0 radical (unpaired) electrons. The van der Waals surface area contributed by atoms with Crippen molar-refractivity contribution in [1.82, 2.24) is 0 Å². The molecule has 0 bridgehead atoms. The highest BCUT2D eigenvalue weighted by atomic mass is 16.7. The highest BCUT2D eigenvalue weighted by Crippen LogP contribution is 2.46. The summed E-state index contributed by atoms with van der Waals surface area (Å²) in [6, 6.07) is 0. The Kier molecular flexibility index (Phi) is 4.08. The summed E-state index contributed by atoms with van der Waals surface area (Å²) in [6.45, 7) is -1.69. The molecule has 0 unspecified atom stereocenters. The van der Waals surface area contributed by atoms with Gasteiger partial charge in [0.15, 0.2) is 11.9 Å². The van der Waals surface area contributed by atoms with E-state index < -0.39 is 61.4 Å². The van der Waals surface area contributed by atoms with Crippen LogP contribution in [-0.4, -0.2) is 102 Å². The first-order valence-electron chi connectivity index (χ1n) is 5.96. The summed E-state index contributed by atoms with van der Waals surface area (Å²) in [5, 5.41) is 77.5. The zero-order valence-electron chi connectivity index (χ0n) is 10.3. The van der Waals surface area contributed by atoms with Gasteiger partial charge >= 0.3 is 0 Å². The van der Waals surface area contributed by atoms with Crippen LogP contribution in [0, 0.1) is 0 Å². The number of hydrogen-bond acceptors (Lipinski definition) is 10. The third-order valence-electron chi connectivity index (χ3n) is 3.87. The fraction of sp³-hybridized carbons (Fsp3) is 1.00. The molecule has 0 spiro atoms. The number of aliphatic hydroxyl groups is 8. The lowest BCUT2D eigenvalue weighted by molar-refractivity contribution is -0.342. The first-order chi connectivity index (χ1) is 9.23. The maximum absolute atomic E-state index is 10.4. The number of aliphatic hydroxyl groups excluding tert-OH is 6. The van der Waals surface area contributed by atoms with Crippen LogP contribution in [0.2, 0.25) is 0 Å². The second kappa shape index (κ2) is 5.10. The number of rotatable bonds is 3. The van der Waals surface area contributed by atoms with Gasteiger partial charge in [0.05, 0.1) is 13.2 Å². The minimum Gasteiger partial charge on any atom is -0.394 e. The van der Waals surface area contributed by atoms with E-state index in [-0.39, 0.29) is 0 Å². The van der Waals surface area contributed by atoms with E-state index in [1.165, 1.54) is 0 Å². The van der Waals surface area contributed by atoms with Crippen LogP contribution in [0.4, 0.5) is 0 Å². The predicted molar refractivity (Wildman–Crippen MR) is 57.8 cm³/mol. The van der Waals surface area contributed by atoms with Crippen LogP contribution < -0.4 is 0 Å². The molecule has 2 rings (SSSR count). The summed E-state index contributed by atoms with van der Waals surface area (Å²) < 4.78 is 9.53.